The van der Waals surface area contributed by atoms with Crippen LogP contribution in [0.1, 0.15) is 18.7 Å². The van der Waals surface area contributed by atoms with Crippen LogP contribution >= 0.6 is 0 Å². The Balaban J connectivity index is 2.10. The number of fused-ring (bicyclic) bond motifs is 1. The smallest absolute Gasteiger partial charge is 0.181 e. The van der Waals surface area contributed by atoms with E-state index in [-0.39, 0.29) is 6.23 Å². The van der Waals surface area contributed by atoms with E-state index < -0.39 is 0 Å². The number of nitrogens with zero attached hydrogens (tertiary/aromatic N) is 3. The predicted molar refractivity (Wildman–Crippen MR) is 66.0 cm³/mol. The Labute approximate surface area is 104 Å². The third-order valence-corrected chi connectivity index (χ3v) is 2.75. The molecular weight excluding hydrogens is 230 g/mol. The van der Waals surface area contributed by atoms with Crippen molar-refractivity contribution in [3.8, 4) is 0 Å². The van der Waals surface area contributed by atoms with E-state index in [2.05, 4.69) is 10.3 Å². The van der Waals surface area contributed by atoms with Gasteiger partial charge in [-0.1, -0.05) is 17.3 Å². The van der Waals surface area contributed by atoms with Crippen LogP contribution in [0.4, 0.5) is 0 Å². The number of rotatable bonds is 4. The monoisotopic (exact) mass is 243 g/mol. The molecule has 18 heavy (non-hydrogen) atoms. The lowest BCUT2D eigenvalue weighted by atomic mass is 10.2. The molecular formula is C13H13N3O2. The molecule has 3 aromatic rings. The van der Waals surface area contributed by atoms with E-state index >= 15 is 0 Å². The van der Waals surface area contributed by atoms with Crippen molar-refractivity contribution in [2.24, 2.45) is 0 Å². The summed E-state index contributed by atoms with van der Waals surface area (Å²) in [7, 11) is 0. The van der Waals surface area contributed by atoms with Gasteiger partial charge in [0.1, 0.15) is 5.52 Å². The molecule has 0 aliphatic carbocycles. The van der Waals surface area contributed by atoms with Gasteiger partial charge >= 0.3 is 0 Å². The van der Waals surface area contributed by atoms with Crippen molar-refractivity contribution in [3.05, 3.63) is 48.4 Å². The predicted octanol–water partition coefficient (Wildman–Crippen LogP) is 2.61. The Morgan fingerprint density at radius 2 is 2.22 bits per heavy atom. The van der Waals surface area contributed by atoms with Crippen molar-refractivity contribution in [1.29, 1.82) is 0 Å². The van der Waals surface area contributed by atoms with Gasteiger partial charge in [-0.3, -0.25) is 0 Å². The fourth-order valence-corrected chi connectivity index (χ4v) is 1.94. The molecule has 5 nitrogen and oxygen atoms in total. The molecule has 1 atom stereocenters. The highest BCUT2D eigenvalue weighted by molar-refractivity contribution is 5.74. The van der Waals surface area contributed by atoms with Crippen LogP contribution in [-0.2, 0) is 4.74 Å². The SMILES string of the molecule is CCOC(c1ccoc1)n1nnc2ccccc21. The highest BCUT2D eigenvalue weighted by Gasteiger charge is 2.18. The van der Waals surface area contributed by atoms with E-state index in [1.807, 2.05) is 37.3 Å². The molecule has 2 aromatic heterocycles. The molecule has 2 heterocycles. The second kappa shape index (κ2) is 4.62. The first kappa shape index (κ1) is 11.0. The van der Waals surface area contributed by atoms with Crippen molar-refractivity contribution < 1.29 is 9.15 Å². The summed E-state index contributed by atoms with van der Waals surface area (Å²) in [6, 6.07) is 9.67. The zero-order valence-corrected chi connectivity index (χ0v) is 9.98. The van der Waals surface area contributed by atoms with E-state index in [1.54, 1.807) is 17.2 Å². The van der Waals surface area contributed by atoms with Gasteiger partial charge in [0, 0.05) is 12.2 Å². The summed E-state index contributed by atoms with van der Waals surface area (Å²) in [5, 5.41) is 8.30. The molecule has 0 aliphatic heterocycles. The Kier molecular flexibility index (Phi) is 2.82. The molecule has 0 aliphatic rings. The zero-order chi connectivity index (χ0) is 12.4. The van der Waals surface area contributed by atoms with Crippen molar-refractivity contribution >= 4 is 11.0 Å². The van der Waals surface area contributed by atoms with Crippen molar-refractivity contribution in [1.82, 2.24) is 15.0 Å². The lowest BCUT2D eigenvalue weighted by Crippen LogP contribution is -2.15. The number of aromatic nitrogens is 3. The van der Waals surface area contributed by atoms with Gasteiger partial charge in [0.15, 0.2) is 6.23 Å². The van der Waals surface area contributed by atoms with Crippen LogP contribution in [-0.4, -0.2) is 21.6 Å². The van der Waals surface area contributed by atoms with E-state index in [0.717, 1.165) is 16.6 Å². The number of hydrogen-bond donors (Lipinski definition) is 0. The van der Waals surface area contributed by atoms with Crippen molar-refractivity contribution in [3.63, 3.8) is 0 Å². The van der Waals surface area contributed by atoms with Crippen LogP contribution in [0.15, 0.2) is 47.3 Å². The van der Waals surface area contributed by atoms with Gasteiger partial charge in [0.05, 0.1) is 18.0 Å². The van der Waals surface area contributed by atoms with Crippen LogP contribution in [0.2, 0.25) is 0 Å². The van der Waals surface area contributed by atoms with Gasteiger partial charge in [-0.2, -0.15) is 0 Å². The first-order chi connectivity index (χ1) is 8.90. The number of furan rings is 1. The summed E-state index contributed by atoms with van der Waals surface area (Å²) in [6.07, 6.45) is 2.98. The van der Waals surface area contributed by atoms with E-state index in [9.17, 15) is 0 Å². The van der Waals surface area contributed by atoms with E-state index in [1.165, 1.54) is 0 Å². The number of benzene rings is 1. The summed E-state index contributed by atoms with van der Waals surface area (Å²) in [5.74, 6) is 0. The second-order valence-corrected chi connectivity index (χ2v) is 3.89. The summed E-state index contributed by atoms with van der Waals surface area (Å²) < 4.78 is 12.6. The Morgan fingerprint density at radius 1 is 1.33 bits per heavy atom. The highest BCUT2D eigenvalue weighted by atomic mass is 16.5. The first-order valence-electron chi connectivity index (χ1n) is 5.84. The van der Waals surface area contributed by atoms with E-state index in [0.29, 0.717) is 6.61 Å². The Morgan fingerprint density at radius 3 is 3.00 bits per heavy atom. The topological polar surface area (TPSA) is 53.1 Å². The van der Waals surface area contributed by atoms with Crippen LogP contribution < -0.4 is 0 Å². The molecule has 92 valence electrons. The van der Waals surface area contributed by atoms with Crippen molar-refractivity contribution in [2.45, 2.75) is 13.2 Å². The van der Waals surface area contributed by atoms with Gasteiger partial charge < -0.3 is 9.15 Å². The number of para-hydroxylation sites is 1. The summed E-state index contributed by atoms with van der Waals surface area (Å²) >= 11 is 0. The lowest BCUT2D eigenvalue weighted by molar-refractivity contribution is 0.0337. The molecule has 3 rings (SSSR count). The molecule has 0 amide bonds. The molecule has 0 saturated heterocycles. The van der Waals surface area contributed by atoms with Gasteiger partial charge in [-0.15, -0.1) is 5.10 Å². The molecule has 5 heteroatoms. The normalized spacial score (nSPS) is 12.9. The lowest BCUT2D eigenvalue weighted by Gasteiger charge is -2.15. The van der Waals surface area contributed by atoms with Gasteiger partial charge in [-0.25, -0.2) is 4.68 Å². The van der Waals surface area contributed by atoms with E-state index in [4.69, 9.17) is 9.15 Å². The molecule has 0 N–H and O–H groups in total. The zero-order valence-electron chi connectivity index (χ0n) is 9.98. The summed E-state index contributed by atoms with van der Waals surface area (Å²) in [6.45, 7) is 2.54. The third kappa shape index (κ3) is 1.78. The largest absolute Gasteiger partial charge is 0.472 e. The minimum Gasteiger partial charge on any atom is -0.472 e. The van der Waals surface area contributed by atoms with Gasteiger partial charge in [0.25, 0.3) is 0 Å². The third-order valence-electron chi connectivity index (χ3n) is 2.75. The molecule has 0 saturated carbocycles. The molecule has 0 bridgehead atoms. The first-order valence-corrected chi connectivity index (χ1v) is 5.84. The average molecular weight is 243 g/mol. The standard InChI is InChI=1S/C13H13N3O2/c1-2-18-13(10-7-8-17-9-10)16-12-6-4-3-5-11(12)14-15-16/h3-9,13H,2H2,1H3. The average Bonchev–Trinajstić information content (AvgIpc) is 3.06. The second-order valence-electron chi connectivity index (χ2n) is 3.89. The summed E-state index contributed by atoms with van der Waals surface area (Å²) in [4.78, 5) is 0. The molecule has 0 radical (unpaired) electrons. The molecule has 1 aromatic carbocycles. The van der Waals surface area contributed by atoms with Crippen LogP contribution in [0.5, 0.6) is 0 Å². The van der Waals surface area contributed by atoms with Crippen LogP contribution in [0.25, 0.3) is 11.0 Å². The summed E-state index contributed by atoms with van der Waals surface area (Å²) in [5.41, 5.74) is 2.72. The fraction of sp³-hybridized carbons (Fsp3) is 0.231. The minimum atomic E-state index is -0.304. The maximum Gasteiger partial charge on any atom is 0.181 e. The van der Waals surface area contributed by atoms with Gasteiger partial charge in [0.2, 0.25) is 0 Å². The molecule has 0 spiro atoms. The minimum absolute atomic E-state index is 0.304. The maximum atomic E-state index is 5.74. The number of ether oxygens (including phenoxy) is 1. The molecule has 1 unspecified atom stereocenters. The number of hydrogen-bond acceptors (Lipinski definition) is 4. The maximum absolute atomic E-state index is 5.74. The van der Waals surface area contributed by atoms with Crippen molar-refractivity contribution in [2.75, 3.05) is 6.61 Å². The highest BCUT2D eigenvalue weighted by Crippen LogP contribution is 2.23. The molecule has 0 fully saturated rings. The quantitative estimate of drug-likeness (QED) is 0.706. The fourth-order valence-electron chi connectivity index (χ4n) is 1.94. The Hall–Kier alpha value is -2.14. The van der Waals surface area contributed by atoms with Crippen LogP contribution in [0, 0.1) is 0 Å². The van der Waals surface area contributed by atoms with Gasteiger partial charge in [-0.05, 0) is 25.1 Å². The van der Waals surface area contributed by atoms with Crippen LogP contribution in [0.3, 0.4) is 0 Å². The Bertz CT molecular complexity index is 631.